The predicted octanol–water partition coefficient (Wildman–Crippen LogP) is 3.36. The Balaban J connectivity index is 2.80. The molecule has 1 amide bonds. The van der Waals surface area contributed by atoms with Crippen molar-refractivity contribution in [1.29, 1.82) is 0 Å². The van der Waals surface area contributed by atoms with Gasteiger partial charge in [0.1, 0.15) is 0 Å². The van der Waals surface area contributed by atoms with Crippen LogP contribution in [-0.4, -0.2) is 26.5 Å². The number of hydrogen-bond acceptors (Lipinski definition) is 3. The van der Waals surface area contributed by atoms with Crippen LogP contribution in [0.5, 0.6) is 0 Å². The number of hydrogen-bond donors (Lipinski definition) is 2. The zero-order valence-corrected chi connectivity index (χ0v) is 14.3. The van der Waals surface area contributed by atoms with Crippen molar-refractivity contribution in [2.45, 2.75) is 27.2 Å². The van der Waals surface area contributed by atoms with Gasteiger partial charge in [-0.15, -0.1) is 0 Å². The second-order valence-electron chi connectivity index (χ2n) is 6.75. The molecule has 1 atom stereocenters. The molecule has 5 heteroatoms. The van der Waals surface area contributed by atoms with Crippen LogP contribution in [0.2, 0.25) is 5.02 Å². The molecule has 0 aliphatic carbocycles. The van der Waals surface area contributed by atoms with Crippen molar-refractivity contribution in [3.8, 4) is 0 Å². The molecule has 1 unspecified atom stereocenters. The van der Waals surface area contributed by atoms with Gasteiger partial charge < -0.3 is 16.0 Å². The fraction of sp³-hybridized carbons (Fsp3) is 0.562. The van der Waals surface area contributed by atoms with Crippen LogP contribution in [-0.2, 0) is 4.79 Å². The standard InChI is InChI=1S/C16H26ClN3O/c1-16(2,3)9-11(10-18)15(21)19-12-6-7-14(20(4)5)13(17)8-12/h6-8,11H,9-10,18H2,1-5H3,(H,19,21). The summed E-state index contributed by atoms with van der Waals surface area (Å²) in [7, 11) is 3.85. The molecule has 1 aromatic rings. The monoisotopic (exact) mass is 311 g/mol. The lowest BCUT2D eigenvalue weighted by atomic mass is 9.84. The van der Waals surface area contributed by atoms with Gasteiger partial charge in [0.15, 0.2) is 0 Å². The Morgan fingerprint density at radius 2 is 2.00 bits per heavy atom. The summed E-state index contributed by atoms with van der Waals surface area (Å²) in [6.07, 6.45) is 0.749. The molecule has 0 aliphatic rings. The zero-order chi connectivity index (χ0) is 16.2. The Bertz CT molecular complexity index is 495. The molecule has 1 aromatic carbocycles. The minimum absolute atomic E-state index is 0.0545. The molecule has 0 spiro atoms. The zero-order valence-electron chi connectivity index (χ0n) is 13.5. The molecule has 3 N–H and O–H groups in total. The molecule has 21 heavy (non-hydrogen) atoms. The molecule has 0 saturated heterocycles. The van der Waals surface area contributed by atoms with E-state index >= 15 is 0 Å². The maximum Gasteiger partial charge on any atom is 0.228 e. The third kappa shape index (κ3) is 5.56. The summed E-state index contributed by atoms with van der Waals surface area (Å²) >= 11 is 6.21. The third-order valence-electron chi connectivity index (χ3n) is 3.21. The maximum absolute atomic E-state index is 12.3. The summed E-state index contributed by atoms with van der Waals surface area (Å²) in [4.78, 5) is 14.2. The molecule has 0 heterocycles. The summed E-state index contributed by atoms with van der Waals surface area (Å²) < 4.78 is 0. The van der Waals surface area contributed by atoms with E-state index in [2.05, 4.69) is 26.1 Å². The fourth-order valence-corrected chi connectivity index (χ4v) is 2.56. The summed E-state index contributed by atoms with van der Waals surface area (Å²) in [6.45, 7) is 6.65. The number of amides is 1. The number of carbonyl (C=O) groups excluding carboxylic acids is 1. The van der Waals surface area contributed by atoms with Crippen molar-refractivity contribution in [2.24, 2.45) is 17.1 Å². The molecular formula is C16H26ClN3O. The number of nitrogens with one attached hydrogen (secondary N) is 1. The minimum atomic E-state index is -0.197. The molecular weight excluding hydrogens is 286 g/mol. The maximum atomic E-state index is 12.3. The number of nitrogens with two attached hydrogens (primary N) is 1. The molecule has 0 aromatic heterocycles. The first-order valence-electron chi connectivity index (χ1n) is 7.12. The van der Waals surface area contributed by atoms with Gasteiger partial charge in [-0.2, -0.15) is 0 Å². The largest absolute Gasteiger partial charge is 0.376 e. The van der Waals surface area contributed by atoms with E-state index in [0.29, 0.717) is 17.3 Å². The van der Waals surface area contributed by atoms with E-state index in [1.165, 1.54) is 0 Å². The number of benzene rings is 1. The van der Waals surface area contributed by atoms with E-state index in [1.54, 1.807) is 6.07 Å². The Kier molecular flexibility index (Phi) is 6.05. The fourth-order valence-electron chi connectivity index (χ4n) is 2.21. The Labute approximate surface area is 132 Å². The van der Waals surface area contributed by atoms with Crippen molar-refractivity contribution in [1.82, 2.24) is 0 Å². The summed E-state index contributed by atoms with van der Waals surface area (Å²) in [5.41, 5.74) is 7.41. The van der Waals surface area contributed by atoms with Gasteiger partial charge in [-0.3, -0.25) is 4.79 Å². The Morgan fingerprint density at radius 1 is 1.38 bits per heavy atom. The number of nitrogens with zero attached hydrogens (tertiary/aromatic N) is 1. The average molecular weight is 312 g/mol. The molecule has 1 rings (SSSR count). The molecule has 0 bridgehead atoms. The second kappa shape index (κ2) is 7.14. The third-order valence-corrected chi connectivity index (χ3v) is 3.51. The van der Waals surface area contributed by atoms with Crippen LogP contribution in [0.1, 0.15) is 27.2 Å². The number of carbonyl (C=O) groups is 1. The lowest BCUT2D eigenvalue weighted by Crippen LogP contribution is -2.32. The van der Waals surface area contributed by atoms with Gasteiger partial charge in [-0.25, -0.2) is 0 Å². The number of anilines is 2. The smallest absolute Gasteiger partial charge is 0.228 e. The van der Waals surface area contributed by atoms with Crippen LogP contribution in [0.15, 0.2) is 18.2 Å². The van der Waals surface area contributed by atoms with Crippen molar-refractivity contribution in [2.75, 3.05) is 30.9 Å². The molecule has 0 fully saturated rings. The van der Waals surface area contributed by atoms with E-state index in [9.17, 15) is 4.79 Å². The lowest BCUT2D eigenvalue weighted by molar-refractivity contribution is -0.120. The van der Waals surface area contributed by atoms with Crippen LogP contribution < -0.4 is 16.0 Å². The summed E-state index contributed by atoms with van der Waals surface area (Å²) in [5, 5.41) is 3.51. The topological polar surface area (TPSA) is 58.4 Å². The number of halogens is 1. The van der Waals surface area contributed by atoms with Crippen molar-refractivity contribution >= 4 is 28.9 Å². The molecule has 4 nitrogen and oxygen atoms in total. The average Bonchev–Trinajstić information content (AvgIpc) is 2.34. The van der Waals surface area contributed by atoms with Crippen molar-refractivity contribution < 1.29 is 4.79 Å². The minimum Gasteiger partial charge on any atom is -0.376 e. The van der Waals surface area contributed by atoms with E-state index in [-0.39, 0.29) is 17.2 Å². The Hall–Kier alpha value is -1.26. The quantitative estimate of drug-likeness (QED) is 0.876. The van der Waals surface area contributed by atoms with E-state index in [4.69, 9.17) is 17.3 Å². The van der Waals surface area contributed by atoms with E-state index < -0.39 is 0 Å². The van der Waals surface area contributed by atoms with Gasteiger partial charge in [0, 0.05) is 26.3 Å². The van der Waals surface area contributed by atoms with Crippen LogP contribution >= 0.6 is 11.6 Å². The first kappa shape index (κ1) is 17.8. The van der Waals surface area contributed by atoms with Gasteiger partial charge in [-0.05, 0) is 30.0 Å². The van der Waals surface area contributed by atoms with Crippen LogP contribution in [0.25, 0.3) is 0 Å². The predicted molar refractivity (Wildman–Crippen MR) is 91.0 cm³/mol. The molecule has 0 aliphatic heterocycles. The van der Waals surface area contributed by atoms with Gasteiger partial charge in [0.25, 0.3) is 0 Å². The Morgan fingerprint density at radius 3 is 2.43 bits per heavy atom. The highest BCUT2D eigenvalue weighted by molar-refractivity contribution is 6.33. The highest BCUT2D eigenvalue weighted by atomic mass is 35.5. The second-order valence-corrected chi connectivity index (χ2v) is 7.15. The van der Waals surface area contributed by atoms with Gasteiger partial charge in [0.2, 0.25) is 5.91 Å². The van der Waals surface area contributed by atoms with Gasteiger partial charge >= 0.3 is 0 Å². The van der Waals surface area contributed by atoms with Crippen molar-refractivity contribution in [3.63, 3.8) is 0 Å². The SMILES string of the molecule is CN(C)c1ccc(NC(=O)C(CN)CC(C)(C)C)cc1Cl. The van der Waals surface area contributed by atoms with Crippen molar-refractivity contribution in [3.05, 3.63) is 23.2 Å². The molecule has 0 saturated carbocycles. The molecule has 0 radical (unpaired) electrons. The molecule has 118 valence electrons. The highest BCUT2D eigenvalue weighted by Crippen LogP contribution is 2.29. The van der Waals surface area contributed by atoms with Gasteiger partial charge in [-0.1, -0.05) is 32.4 Å². The lowest BCUT2D eigenvalue weighted by Gasteiger charge is -2.24. The van der Waals surface area contributed by atoms with Gasteiger partial charge in [0.05, 0.1) is 16.6 Å². The number of rotatable bonds is 5. The highest BCUT2D eigenvalue weighted by Gasteiger charge is 2.23. The summed E-state index contributed by atoms with van der Waals surface area (Å²) in [5.74, 6) is -0.251. The van der Waals surface area contributed by atoms with Crippen LogP contribution in [0.3, 0.4) is 0 Å². The summed E-state index contributed by atoms with van der Waals surface area (Å²) in [6, 6.07) is 5.50. The first-order chi connectivity index (χ1) is 9.64. The van der Waals surface area contributed by atoms with E-state index in [1.807, 2.05) is 31.1 Å². The van der Waals surface area contributed by atoms with Crippen LogP contribution in [0.4, 0.5) is 11.4 Å². The van der Waals surface area contributed by atoms with E-state index in [0.717, 1.165) is 12.1 Å². The first-order valence-corrected chi connectivity index (χ1v) is 7.49. The van der Waals surface area contributed by atoms with Crippen LogP contribution in [0, 0.1) is 11.3 Å². The normalized spacial score (nSPS) is 12.9.